The largest absolute Gasteiger partial charge is 0.356 e. The first-order valence-electron chi connectivity index (χ1n) is 6.45. The molecule has 0 aromatic rings. The second-order valence-electron chi connectivity index (χ2n) is 4.59. The van der Waals surface area contributed by atoms with E-state index < -0.39 is 0 Å². The minimum absolute atomic E-state index is 0.00158. The fourth-order valence-electron chi connectivity index (χ4n) is 2.10. The van der Waals surface area contributed by atoms with Gasteiger partial charge in [-0.05, 0) is 19.3 Å². The Labute approximate surface area is 103 Å². The molecule has 1 rings (SSSR count). The third-order valence-corrected chi connectivity index (χ3v) is 3.13. The molecule has 0 aliphatic heterocycles. The van der Waals surface area contributed by atoms with E-state index in [4.69, 9.17) is 5.73 Å². The zero-order chi connectivity index (χ0) is 12.7. The molecule has 1 aliphatic carbocycles. The van der Waals surface area contributed by atoms with Crippen molar-refractivity contribution < 1.29 is 9.59 Å². The number of amides is 2. The maximum atomic E-state index is 11.7. The Balaban J connectivity index is 2.13. The number of rotatable bonds is 6. The lowest BCUT2D eigenvalue weighted by Gasteiger charge is -2.14. The molecule has 98 valence electrons. The van der Waals surface area contributed by atoms with Gasteiger partial charge in [-0.25, -0.2) is 0 Å². The van der Waals surface area contributed by atoms with Crippen molar-refractivity contribution in [1.82, 2.24) is 10.6 Å². The predicted molar refractivity (Wildman–Crippen MR) is 66.2 cm³/mol. The van der Waals surface area contributed by atoms with Gasteiger partial charge in [0.25, 0.3) is 0 Å². The summed E-state index contributed by atoms with van der Waals surface area (Å²) >= 11 is 0. The number of hydrogen-bond donors (Lipinski definition) is 3. The van der Waals surface area contributed by atoms with Gasteiger partial charge in [-0.15, -0.1) is 0 Å². The van der Waals surface area contributed by atoms with Crippen LogP contribution in [0.1, 0.15) is 39.0 Å². The van der Waals surface area contributed by atoms with Crippen LogP contribution in [0.15, 0.2) is 0 Å². The summed E-state index contributed by atoms with van der Waals surface area (Å²) < 4.78 is 0. The first kappa shape index (κ1) is 14.0. The van der Waals surface area contributed by atoms with Gasteiger partial charge in [0.2, 0.25) is 11.8 Å². The molecular formula is C12H23N3O2. The lowest BCUT2D eigenvalue weighted by atomic mass is 10.0. The molecule has 0 aromatic carbocycles. The molecular weight excluding hydrogens is 218 g/mol. The quantitative estimate of drug-likeness (QED) is 0.618. The van der Waals surface area contributed by atoms with E-state index in [0.29, 0.717) is 19.5 Å². The van der Waals surface area contributed by atoms with Gasteiger partial charge < -0.3 is 16.4 Å². The molecule has 0 saturated heterocycles. The molecule has 17 heavy (non-hydrogen) atoms. The van der Waals surface area contributed by atoms with Gasteiger partial charge >= 0.3 is 0 Å². The Morgan fingerprint density at radius 1 is 1.24 bits per heavy atom. The summed E-state index contributed by atoms with van der Waals surface area (Å²) in [6.07, 6.45) is 4.09. The molecule has 2 atom stereocenters. The van der Waals surface area contributed by atoms with Crippen molar-refractivity contribution in [3.05, 3.63) is 0 Å². The molecule has 0 bridgehead atoms. The SMILES string of the molecule is CCCNC(=O)CCNC(=O)C1CCCC1N. The lowest BCUT2D eigenvalue weighted by molar-refractivity contribution is -0.125. The average Bonchev–Trinajstić information content (AvgIpc) is 2.72. The van der Waals surface area contributed by atoms with Gasteiger partial charge in [0.15, 0.2) is 0 Å². The summed E-state index contributed by atoms with van der Waals surface area (Å²) in [5.41, 5.74) is 5.84. The zero-order valence-electron chi connectivity index (χ0n) is 10.5. The van der Waals surface area contributed by atoms with E-state index in [9.17, 15) is 9.59 Å². The second-order valence-corrected chi connectivity index (χ2v) is 4.59. The Kier molecular flexibility index (Phi) is 5.97. The van der Waals surface area contributed by atoms with Gasteiger partial charge in [-0.1, -0.05) is 13.3 Å². The van der Waals surface area contributed by atoms with Crippen LogP contribution in [-0.2, 0) is 9.59 Å². The van der Waals surface area contributed by atoms with Crippen molar-refractivity contribution in [1.29, 1.82) is 0 Å². The van der Waals surface area contributed by atoms with Crippen LogP contribution in [0.3, 0.4) is 0 Å². The molecule has 1 saturated carbocycles. The van der Waals surface area contributed by atoms with Crippen LogP contribution in [0.4, 0.5) is 0 Å². The average molecular weight is 241 g/mol. The van der Waals surface area contributed by atoms with Crippen LogP contribution in [0, 0.1) is 5.92 Å². The fourth-order valence-corrected chi connectivity index (χ4v) is 2.10. The van der Waals surface area contributed by atoms with Crippen LogP contribution >= 0.6 is 0 Å². The summed E-state index contributed by atoms with van der Waals surface area (Å²) in [6, 6.07) is -0.0103. The predicted octanol–water partition coefficient (Wildman–Crippen LogP) is 0.146. The highest BCUT2D eigenvalue weighted by molar-refractivity contribution is 5.81. The molecule has 2 amide bonds. The Morgan fingerprint density at radius 2 is 2.00 bits per heavy atom. The monoisotopic (exact) mass is 241 g/mol. The fraction of sp³-hybridized carbons (Fsp3) is 0.833. The highest BCUT2D eigenvalue weighted by Gasteiger charge is 2.29. The Morgan fingerprint density at radius 3 is 2.59 bits per heavy atom. The van der Waals surface area contributed by atoms with Gasteiger partial charge in [-0.3, -0.25) is 9.59 Å². The topological polar surface area (TPSA) is 84.2 Å². The summed E-state index contributed by atoms with van der Waals surface area (Å²) in [5.74, 6) is -0.0742. The molecule has 1 fully saturated rings. The first-order valence-corrected chi connectivity index (χ1v) is 6.45. The number of hydrogen-bond acceptors (Lipinski definition) is 3. The third-order valence-electron chi connectivity index (χ3n) is 3.13. The van der Waals surface area contributed by atoms with Gasteiger partial charge in [0.05, 0.1) is 5.92 Å². The maximum absolute atomic E-state index is 11.7. The minimum Gasteiger partial charge on any atom is -0.356 e. The van der Waals surface area contributed by atoms with Gasteiger partial charge in [0.1, 0.15) is 0 Å². The summed E-state index contributed by atoms with van der Waals surface area (Å²) in [6.45, 7) is 3.10. The van der Waals surface area contributed by atoms with Crippen molar-refractivity contribution in [2.24, 2.45) is 11.7 Å². The highest BCUT2D eigenvalue weighted by Crippen LogP contribution is 2.23. The van der Waals surface area contributed by atoms with E-state index in [-0.39, 0.29) is 23.8 Å². The molecule has 2 unspecified atom stereocenters. The molecule has 0 aromatic heterocycles. The van der Waals surface area contributed by atoms with Crippen LogP contribution in [-0.4, -0.2) is 30.9 Å². The second kappa shape index (κ2) is 7.27. The number of nitrogens with two attached hydrogens (primary N) is 1. The number of nitrogens with one attached hydrogen (secondary N) is 2. The molecule has 0 spiro atoms. The standard InChI is InChI=1S/C12H23N3O2/c1-2-7-14-11(16)6-8-15-12(17)9-4-3-5-10(9)13/h9-10H,2-8,13H2,1H3,(H,14,16)(H,15,17). The Bertz CT molecular complexity index is 268. The maximum Gasteiger partial charge on any atom is 0.224 e. The molecule has 5 nitrogen and oxygen atoms in total. The Hall–Kier alpha value is -1.10. The van der Waals surface area contributed by atoms with Gasteiger partial charge in [0, 0.05) is 25.6 Å². The van der Waals surface area contributed by atoms with E-state index in [1.807, 2.05) is 6.92 Å². The van der Waals surface area contributed by atoms with Crippen molar-refractivity contribution in [3.63, 3.8) is 0 Å². The first-order chi connectivity index (χ1) is 8.15. The van der Waals surface area contributed by atoms with E-state index in [0.717, 1.165) is 25.7 Å². The molecule has 0 radical (unpaired) electrons. The minimum atomic E-state index is -0.0614. The van der Waals surface area contributed by atoms with E-state index in [1.165, 1.54) is 0 Å². The molecule has 0 heterocycles. The smallest absolute Gasteiger partial charge is 0.224 e. The normalized spacial score (nSPS) is 23.4. The van der Waals surface area contributed by atoms with Crippen molar-refractivity contribution in [2.75, 3.05) is 13.1 Å². The van der Waals surface area contributed by atoms with Crippen LogP contribution < -0.4 is 16.4 Å². The van der Waals surface area contributed by atoms with E-state index in [2.05, 4.69) is 10.6 Å². The van der Waals surface area contributed by atoms with Crippen molar-refractivity contribution >= 4 is 11.8 Å². The van der Waals surface area contributed by atoms with Crippen molar-refractivity contribution in [2.45, 2.75) is 45.1 Å². The molecule has 1 aliphatic rings. The molecule has 4 N–H and O–H groups in total. The summed E-state index contributed by atoms with van der Waals surface area (Å²) in [4.78, 5) is 23.0. The zero-order valence-corrected chi connectivity index (χ0v) is 10.5. The van der Waals surface area contributed by atoms with E-state index >= 15 is 0 Å². The highest BCUT2D eigenvalue weighted by atomic mass is 16.2. The van der Waals surface area contributed by atoms with Crippen LogP contribution in [0.25, 0.3) is 0 Å². The number of carbonyl (C=O) groups excluding carboxylic acids is 2. The van der Waals surface area contributed by atoms with Crippen LogP contribution in [0.5, 0.6) is 0 Å². The third kappa shape index (κ3) is 4.73. The summed E-state index contributed by atoms with van der Waals surface area (Å²) in [7, 11) is 0. The molecule has 5 heteroatoms. The lowest BCUT2D eigenvalue weighted by Crippen LogP contribution is -2.40. The van der Waals surface area contributed by atoms with Crippen LogP contribution in [0.2, 0.25) is 0 Å². The van der Waals surface area contributed by atoms with E-state index in [1.54, 1.807) is 0 Å². The van der Waals surface area contributed by atoms with Crippen molar-refractivity contribution in [3.8, 4) is 0 Å². The number of carbonyl (C=O) groups is 2. The summed E-state index contributed by atoms with van der Waals surface area (Å²) in [5, 5.41) is 5.55. The van der Waals surface area contributed by atoms with Gasteiger partial charge in [-0.2, -0.15) is 0 Å².